The van der Waals surface area contributed by atoms with Gasteiger partial charge in [0.25, 0.3) is 0 Å². The first-order chi connectivity index (χ1) is 13.8. The van der Waals surface area contributed by atoms with Crippen LogP contribution in [-0.4, -0.2) is 0 Å². The molecule has 0 aromatic carbocycles. The van der Waals surface area contributed by atoms with Crippen LogP contribution in [0.4, 0.5) is 0 Å². The molecule has 6 rings (SSSR count). The van der Waals surface area contributed by atoms with Gasteiger partial charge in [0.05, 0.1) is 0 Å². The predicted molar refractivity (Wildman–Crippen MR) is 118 cm³/mol. The average molecular weight is 383 g/mol. The fourth-order valence-electron chi connectivity index (χ4n) is 9.84. The highest BCUT2D eigenvalue weighted by Crippen LogP contribution is 2.66. The van der Waals surface area contributed by atoms with Crippen molar-refractivity contribution in [2.45, 2.75) is 122 Å². The van der Waals surface area contributed by atoms with Gasteiger partial charge in [-0.25, -0.2) is 0 Å². The zero-order valence-electron chi connectivity index (χ0n) is 18.6. The van der Waals surface area contributed by atoms with Gasteiger partial charge >= 0.3 is 0 Å². The summed E-state index contributed by atoms with van der Waals surface area (Å²) in [5.74, 6) is 9.19. The highest BCUT2D eigenvalue weighted by Gasteiger charge is 2.56. The van der Waals surface area contributed by atoms with Gasteiger partial charge in [-0.3, -0.25) is 0 Å². The average Bonchev–Trinajstić information content (AvgIpc) is 3.31. The van der Waals surface area contributed by atoms with E-state index in [0.29, 0.717) is 0 Å². The topological polar surface area (TPSA) is 0 Å². The maximum atomic E-state index is 1.64. The first-order valence-electron chi connectivity index (χ1n) is 13.8. The fraction of sp³-hybridized carbons (Fsp3) is 1.00. The summed E-state index contributed by atoms with van der Waals surface area (Å²) in [7, 11) is 0. The normalized spacial score (nSPS) is 46.7. The zero-order chi connectivity index (χ0) is 18.6. The molecule has 4 unspecified atom stereocenters. The van der Waals surface area contributed by atoms with E-state index in [9.17, 15) is 0 Å². The van der Waals surface area contributed by atoms with E-state index in [1.165, 1.54) is 17.8 Å². The van der Waals surface area contributed by atoms with Crippen molar-refractivity contribution < 1.29 is 0 Å². The van der Waals surface area contributed by atoms with Gasteiger partial charge in [-0.05, 0) is 123 Å². The summed E-state index contributed by atoms with van der Waals surface area (Å²) in [6.45, 7) is 0. The van der Waals surface area contributed by atoms with Crippen molar-refractivity contribution in [3.05, 3.63) is 0 Å². The molecule has 0 bridgehead atoms. The lowest BCUT2D eigenvalue weighted by Crippen LogP contribution is -2.53. The van der Waals surface area contributed by atoms with Gasteiger partial charge in [0.15, 0.2) is 0 Å². The van der Waals surface area contributed by atoms with Crippen molar-refractivity contribution in [2.24, 2.45) is 52.8 Å². The van der Waals surface area contributed by atoms with Crippen LogP contribution >= 0.6 is 0 Å². The van der Waals surface area contributed by atoms with Crippen molar-refractivity contribution in [3.8, 4) is 0 Å². The van der Waals surface area contributed by atoms with Gasteiger partial charge in [0, 0.05) is 0 Å². The van der Waals surface area contributed by atoms with Crippen LogP contribution in [-0.2, 0) is 0 Å². The van der Waals surface area contributed by atoms with E-state index >= 15 is 0 Å². The van der Waals surface area contributed by atoms with E-state index in [1.807, 2.05) is 0 Å². The summed E-state index contributed by atoms with van der Waals surface area (Å²) >= 11 is 0. The van der Waals surface area contributed by atoms with Gasteiger partial charge in [-0.2, -0.15) is 0 Å². The minimum absolute atomic E-state index is 0.853. The molecule has 0 nitrogen and oxygen atoms in total. The zero-order valence-corrected chi connectivity index (χ0v) is 18.6. The molecule has 0 aromatic heterocycles. The van der Waals surface area contributed by atoms with Crippen LogP contribution in [0.25, 0.3) is 0 Å². The van der Waals surface area contributed by atoms with Crippen LogP contribution in [0, 0.1) is 52.8 Å². The molecular weight excluding hydrogens is 336 g/mol. The standard InChI is InChI=1S/C28H46/c1-2-6-20(5-1)23-9-10-24(19-23)21-11-13-25(14-12-21)28(17-4-18-28)27-16-15-26(27)22-7-3-8-22/h20-27H,1-19H2. The molecule has 0 heterocycles. The number of rotatable bonds is 5. The van der Waals surface area contributed by atoms with Crippen molar-refractivity contribution >= 4 is 0 Å². The molecule has 0 heteroatoms. The lowest BCUT2D eigenvalue weighted by atomic mass is 9.43. The molecule has 158 valence electrons. The summed E-state index contributed by atoms with van der Waals surface area (Å²) in [4.78, 5) is 0. The van der Waals surface area contributed by atoms with Crippen LogP contribution in [0.1, 0.15) is 122 Å². The predicted octanol–water partition coefficient (Wildman–Crippen LogP) is 8.40. The molecule has 6 aliphatic rings. The molecule has 4 atom stereocenters. The molecule has 0 spiro atoms. The van der Waals surface area contributed by atoms with E-state index in [-0.39, 0.29) is 0 Å². The Kier molecular flexibility index (Phi) is 5.09. The summed E-state index contributed by atoms with van der Waals surface area (Å²) in [6.07, 6.45) is 30.4. The summed E-state index contributed by atoms with van der Waals surface area (Å²) in [5, 5.41) is 0. The van der Waals surface area contributed by atoms with Crippen LogP contribution in [0.2, 0.25) is 0 Å². The molecule has 28 heavy (non-hydrogen) atoms. The Morgan fingerprint density at radius 3 is 1.54 bits per heavy atom. The SMILES string of the molecule is C1CCC(C2CCC(C3CCC(C4(C5CCC5C5CCC5)CCC4)CC3)C2)C1. The fourth-order valence-corrected chi connectivity index (χ4v) is 9.84. The van der Waals surface area contributed by atoms with Gasteiger partial charge in [0.2, 0.25) is 0 Å². The van der Waals surface area contributed by atoms with Crippen LogP contribution in [0.5, 0.6) is 0 Å². The lowest BCUT2D eigenvalue weighted by molar-refractivity contribution is -0.126. The number of hydrogen-bond donors (Lipinski definition) is 0. The third-order valence-electron chi connectivity index (χ3n) is 11.9. The van der Waals surface area contributed by atoms with Gasteiger partial charge in [0.1, 0.15) is 0 Å². The Hall–Kier alpha value is 0. The first kappa shape index (κ1) is 18.7. The molecule has 6 aliphatic carbocycles. The quantitative estimate of drug-likeness (QED) is 0.448. The second-order valence-corrected chi connectivity index (χ2v) is 12.6. The molecule has 0 N–H and O–H groups in total. The Morgan fingerprint density at radius 1 is 0.429 bits per heavy atom. The highest BCUT2D eigenvalue weighted by atomic mass is 14.6. The van der Waals surface area contributed by atoms with Crippen molar-refractivity contribution in [2.75, 3.05) is 0 Å². The van der Waals surface area contributed by atoms with Gasteiger partial charge in [-0.1, -0.05) is 51.4 Å². The molecule has 0 saturated heterocycles. The minimum Gasteiger partial charge on any atom is -0.0530 e. The van der Waals surface area contributed by atoms with Crippen molar-refractivity contribution in [1.82, 2.24) is 0 Å². The Labute approximate surface area is 175 Å². The molecule has 0 aromatic rings. The molecule has 6 fully saturated rings. The smallest absolute Gasteiger partial charge is 0.0238 e. The molecule has 6 saturated carbocycles. The maximum Gasteiger partial charge on any atom is -0.0238 e. The van der Waals surface area contributed by atoms with E-state index in [2.05, 4.69) is 0 Å². The maximum absolute atomic E-state index is 1.64. The molecule has 0 amide bonds. The van der Waals surface area contributed by atoms with Crippen molar-refractivity contribution in [1.29, 1.82) is 0 Å². The van der Waals surface area contributed by atoms with Crippen molar-refractivity contribution in [3.63, 3.8) is 0 Å². The summed E-state index contributed by atoms with van der Waals surface area (Å²) < 4.78 is 0. The van der Waals surface area contributed by atoms with Crippen LogP contribution in [0.3, 0.4) is 0 Å². The largest absolute Gasteiger partial charge is 0.0530 e. The monoisotopic (exact) mass is 382 g/mol. The van der Waals surface area contributed by atoms with Gasteiger partial charge < -0.3 is 0 Å². The Bertz CT molecular complexity index is 526. The Morgan fingerprint density at radius 2 is 1.04 bits per heavy atom. The first-order valence-corrected chi connectivity index (χ1v) is 13.8. The highest BCUT2D eigenvalue weighted by molar-refractivity contribution is 5.06. The second-order valence-electron chi connectivity index (χ2n) is 12.6. The summed E-state index contributed by atoms with van der Waals surface area (Å²) in [6, 6.07) is 0. The molecule has 0 aliphatic heterocycles. The molecule has 0 radical (unpaired) electrons. The van der Waals surface area contributed by atoms with E-state index in [1.54, 1.807) is 122 Å². The summed E-state index contributed by atoms with van der Waals surface area (Å²) in [5.41, 5.74) is 0.853. The lowest BCUT2D eigenvalue weighted by Gasteiger charge is -2.62. The third kappa shape index (κ3) is 3.05. The number of hydrogen-bond acceptors (Lipinski definition) is 0. The Balaban J connectivity index is 1.05. The third-order valence-corrected chi connectivity index (χ3v) is 11.9. The van der Waals surface area contributed by atoms with E-state index in [4.69, 9.17) is 0 Å². The van der Waals surface area contributed by atoms with E-state index < -0.39 is 0 Å². The minimum atomic E-state index is 0.853. The van der Waals surface area contributed by atoms with E-state index in [0.717, 1.165) is 35.0 Å². The van der Waals surface area contributed by atoms with Crippen LogP contribution in [0.15, 0.2) is 0 Å². The second kappa shape index (κ2) is 7.60. The van der Waals surface area contributed by atoms with Crippen LogP contribution < -0.4 is 0 Å². The van der Waals surface area contributed by atoms with Gasteiger partial charge in [-0.15, -0.1) is 0 Å². The molecular formula is C28H46.